The third-order valence-electron chi connectivity index (χ3n) is 3.32. The zero-order valence-electron chi connectivity index (χ0n) is 12.7. The minimum absolute atomic E-state index is 0.156. The number of benzene rings is 2. The molecule has 0 aliphatic carbocycles. The fraction of sp³-hybridized carbons (Fsp3) is 0.294. The van der Waals surface area contributed by atoms with Crippen molar-refractivity contribution >= 4 is 45.2 Å². The second-order valence-corrected chi connectivity index (χ2v) is 7.38. The van der Waals surface area contributed by atoms with Gasteiger partial charge in [0.05, 0.1) is 14.3 Å². The quantitative estimate of drug-likeness (QED) is 0.569. The molecule has 118 valence electrons. The Kier molecular flexibility index (Phi) is 6.34. The normalized spacial score (nSPS) is 10.6. The molecule has 3 nitrogen and oxygen atoms in total. The maximum atomic E-state index is 9.07. The third kappa shape index (κ3) is 4.05. The minimum Gasteiger partial charge on any atom is -0.496 e. The number of halogens is 2. The maximum Gasteiger partial charge on any atom is 0.154 e. The summed E-state index contributed by atoms with van der Waals surface area (Å²) in [5.74, 6) is 2.56. The first-order valence-corrected chi connectivity index (χ1v) is 9.04. The highest BCUT2D eigenvalue weighted by atomic mass is 127. The van der Waals surface area contributed by atoms with E-state index in [-0.39, 0.29) is 6.61 Å². The molecule has 0 aromatic heterocycles. The summed E-state index contributed by atoms with van der Waals surface area (Å²) in [6.07, 6.45) is 0.660. The largest absolute Gasteiger partial charge is 0.496 e. The van der Waals surface area contributed by atoms with Gasteiger partial charge in [0.2, 0.25) is 0 Å². The Morgan fingerprint density at radius 2 is 1.50 bits per heavy atom. The highest BCUT2D eigenvalue weighted by molar-refractivity contribution is 14.1. The average Bonchev–Trinajstić information content (AvgIpc) is 2.43. The molecule has 0 saturated heterocycles. The molecule has 0 spiro atoms. The molecule has 0 amide bonds. The number of hydrogen-bond acceptors (Lipinski definition) is 3. The second-order valence-electron chi connectivity index (χ2n) is 5.05. The fourth-order valence-corrected chi connectivity index (χ4v) is 4.51. The monoisotopic (exact) mass is 524 g/mol. The molecule has 1 N–H and O–H groups in total. The van der Waals surface area contributed by atoms with Crippen LogP contribution >= 0.6 is 45.2 Å². The van der Waals surface area contributed by atoms with Crippen molar-refractivity contribution < 1.29 is 14.6 Å². The highest BCUT2D eigenvalue weighted by Crippen LogP contribution is 2.35. The smallest absolute Gasteiger partial charge is 0.154 e. The van der Waals surface area contributed by atoms with Crippen LogP contribution in [0.1, 0.15) is 16.7 Å². The first kappa shape index (κ1) is 17.8. The Morgan fingerprint density at radius 1 is 0.955 bits per heavy atom. The van der Waals surface area contributed by atoms with Gasteiger partial charge in [-0.15, -0.1) is 0 Å². The minimum atomic E-state index is 0.156. The second kappa shape index (κ2) is 7.83. The van der Waals surface area contributed by atoms with Crippen molar-refractivity contribution in [2.45, 2.75) is 20.3 Å². The van der Waals surface area contributed by atoms with Crippen molar-refractivity contribution in [1.29, 1.82) is 0 Å². The van der Waals surface area contributed by atoms with E-state index >= 15 is 0 Å². The van der Waals surface area contributed by atoms with E-state index in [1.165, 1.54) is 0 Å². The molecule has 0 heterocycles. The van der Waals surface area contributed by atoms with E-state index in [1.54, 1.807) is 7.11 Å². The summed E-state index contributed by atoms with van der Waals surface area (Å²) in [6, 6.07) is 8.08. The van der Waals surface area contributed by atoms with Gasteiger partial charge >= 0.3 is 0 Å². The lowest BCUT2D eigenvalue weighted by atomic mass is 10.1. The van der Waals surface area contributed by atoms with Crippen LogP contribution in [0.15, 0.2) is 24.3 Å². The van der Waals surface area contributed by atoms with Crippen molar-refractivity contribution in [3.8, 4) is 17.2 Å². The summed E-state index contributed by atoms with van der Waals surface area (Å²) >= 11 is 4.55. The van der Waals surface area contributed by atoms with E-state index in [4.69, 9.17) is 14.6 Å². The van der Waals surface area contributed by atoms with Crippen molar-refractivity contribution in [2.75, 3.05) is 13.7 Å². The van der Waals surface area contributed by atoms with Crippen LogP contribution < -0.4 is 9.47 Å². The zero-order chi connectivity index (χ0) is 16.3. The fourth-order valence-electron chi connectivity index (χ4n) is 2.39. The van der Waals surface area contributed by atoms with Crippen LogP contribution in [0.25, 0.3) is 0 Å². The van der Waals surface area contributed by atoms with Crippen LogP contribution in [-0.2, 0) is 6.42 Å². The maximum absolute atomic E-state index is 9.07. The zero-order valence-corrected chi connectivity index (χ0v) is 17.1. The van der Waals surface area contributed by atoms with Crippen LogP contribution in [0.2, 0.25) is 0 Å². The number of methoxy groups -OCH3 is 1. The highest BCUT2D eigenvalue weighted by Gasteiger charge is 2.12. The topological polar surface area (TPSA) is 38.7 Å². The first-order chi connectivity index (χ1) is 10.5. The summed E-state index contributed by atoms with van der Waals surface area (Å²) in [5.41, 5.74) is 3.23. The number of hydrogen-bond donors (Lipinski definition) is 1. The van der Waals surface area contributed by atoms with Crippen LogP contribution in [0.3, 0.4) is 0 Å². The summed E-state index contributed by atoms with van der Waals surface area (Å²) in [6.45, 7) is 4.18. The van der Waals surface area contributed by atoms with E-state index in [0.29, 0.717) is 6.42 Å². The molecule has 2 rings (SSSR count). The molecule has 2 aromatic rings. The molecule has 0 aliphatic heterocycles. The van der Waals surface area contributed by atoms with Gasteiger partial charge in [0, 0.05) is 6.61 Å². The van der Waals surface area contributed by atoms with Gasteiger partial charge in [0.15, 0.2) is 5.75 Å². The number of aryl methyl sites for hydroxylation is 2. The van der Waals surface area contributed by atoms with Crippen molar-refractivity contribution in [2.24, 2.45) is 0 Å². The molecule has 0 unspecified atom stereocenters. The van der Waals surface area contributed by atoms with E-state index in [1.807, 2.05) is 26.0 Å². The lowest BCUT2D eigenvalue weighted by Gasteiger charge is -2.15. The predicted octanol–water partition coefficient (Wildman–Crippen LogP) is 4.85. The van der Waals surface area contributed by atoms with Crippen LogP contribution in [-0.4, -0.2) is 18.8 Å². The predicted molar refractivity (Wildman–Crippen MR) is 105 cm³/mol. The molecular formula is C17H18I2O3. The summed E-state index contributed by atoms with van der Waals surface area (Å²) in [5, 5.41) is 9.07. The van der Waals surface area contributed by atoms with Crippen LogP contribution in [0.4, 0.5) is 0 Å². The van der Waals surface area contributed by atoms with E-state index < -0.39 is 0 Å². The van der Waals surface area contributed by atoms with E-state index in [0.717, 1.165) is 41.1 Å². The van der Waals surface area contributed by atoms with Crippen molar-refractivity contribution in [1.82, 2.24) is 0 Å². The average molecular weight is 524 g/mol. The first-order valence-electron chi connectivity index (χ1n) is 6.88. The molecule has 0 saturated carbocycles. The van der Waals surface area contributed by atoms with E-state index in [9.17, 15) is 0 Å². The van der Waals surface area contributed by atoms with Gasteiger partial charge in [0.25, 0.3) is 0 Å². The molecule has 5 heteroatoms. The van der Waals surface area contributed by atoms with Crippen LogP contribution in [0, 0.1) is 21.0 Å². The number of aliphatic hydroxyl groups excluding tert-OH is 1. The standard InChI is InChI=1S/C17H18I2O3/c1-10-6-13(7-11(2)16(10)21-3)22-17-14(18)8-12(4-5-20)9-15(17)19/h6-9,20H,4-5H2,1-3H3. The van der Waals surface area contributed by atoms with Gasteiger partial charge < -0.3 is 14.6 Å². The summed E-state index contributed by atoms with van der Waals surface area (Å²) < 4.78 is 13.6. The summed E-state index contributed by atoms with van der Waals surface area (Å²) in [7, 11) is 1.68. The molecule has 0 bridgehead atoms. The van der Waals surface area contributed by atoms with Gasteiger partial charge in [-0.25, -0.2) is 0 Å². The van der Waals surface area contributed by atoms with Crippen molar-refractivity contribution in [3.63, 3.8) is 0 Å². The molecule has 2 aromatic carbocycles. The Balaban J connectivity index is 2.35. The Bertz CT molecular complexity index is 638. The molecule has 0 fully saturated rings. The van der Waals surface area contributed by atoms with Gasteiger partial charge in [0.1, 0.15) is 11.5 Å². The Hall–Kier alpha value is -0.540. The van der Waals surface area contributed by atoms with Gasteiger partial charge in [-0.05, 0) is 106 Å². The molecule has 0 atom stereocenters. The van der Waals surface area contributed by atoms with E-state index in [2.05, 4.69) is 57.3 Å². The summed E-state index contributed by atoms with van der Waals surface area (Å²) in [4.78, 5) is 0. The van der Waals surface area contributed by atoms with Gasteiger partial charge in [-0.1, -0.05) is 0 Å². The molecule has 22 heavy (non-hydrogen) atoms. The van der Waals surface area contributed by atoms with Gasteiger partial charge in [-0.2, -0.15) is 0 Å². The molecular weight excluding hydrogens is 506 g/mol. The van der Waals surface area contributed by atoms with Crippen LogP contribution in [0.5, 0.6) is 17.2 Å². The number of aliphatic hydroxyl groups is 1. The molecule has 0 radical (unpaired) electrons. The lowest BCUT2D eigenvalue weighted by Crippen LogP contribution is -1.98. The van der Waals surface area contributed by atoms with Crippen molar-refractivity contribution in [3.05, 3.63) is 48.1 Å². The number of ether oxygens (including phenoxy) is 2. The van der Waals surface area contributed by atoms with Gasteiger partial charge in [-0.3, -0.25) is 0 Å². The number of rotatable bonds is 5. The lowest BCUT2D eigenvalue weighted by molar-refractivity contribution is 0.299. The third-order valence-corrected chi connectivity index (χ3v) is 4.92. The Labute approximate surface area is 158 Å². The molecule has 0 aliphatic rings. The SMILES string of the molecule is COc1c(C)cc(Oc2c(I)cc(CCO)cc2I)cc1C. The Morgan fingerprint density at radius 3 is 1.95 bits per heavy atom.